The highest BCUT2D eigenvalue weighted by atomic mass is 16.5. The van der Waals surface area contributed by atoms with Crippen molar-refractivity contribution >= 4 is 5.91 Å². The maximum atomic E-state index is 12.9. The molecule has 3 aromatic carbocycles. The molecule has 6 rings (SSSR count). The fourth-order valence-corrected chi connectivity index (χ4v) is 7.36. The lowest BCUT2D eigenvalue weighted by atomic mass is 9.63. The SMILES string of the molecule is CCC1C(C(N)=O)C2CCN1C(C(c1ccccc1)c1ccccc1)C2NCc1cc(C(C)C)ccc1OC. The minimum Gasteiger partial charge on any atom is -0.496 e. The number of nitrogens with zero attached hydrogens (tertiary/aromatic N) is 1. The molecular formula is C34H43N3O2. The second-order valence-corrected chi connectivity index (χ2v) is 11.5. The van der Waals surface area contributed by atoms with Gasteiger partial charge in [0, 0.05) is 36.2 Å². The molecule has 3 aliphatic heterocycles. The molecule has 3 N–H and O–H groups in total. The van der Waals surface area contributed by atoms with Gasteiger partial charge in [0.05, 0.1) is 13.0 Å². The predicted molar refractivity (Wildman–Crippen MR) is 158 cm³/mol. The minimum atomic E-state index is -0.169. The third kappa shape index (κ3) is 5.35. The second kappa shape index (κ2) is 11.9. The molecule has 0 aliphatic carbocycles. The Kier molecular flexibility index (Phi) is 8.39. The summed E-state index contributed by atoms with van der Waals surface area (Å²) in [6.45, 7) is 8.29. The fourth-order valence-electron chi connectivity index (χ4n) is 7.36. The van der Waals surface area contributed by atoms with Crippen molar-refractivity contribution in [1.82, 2.24) is 10.2 Å². The Morgan fingerprint density at radius 1 is 1.00 bits per heavy atom. The van der Waals surface area contributed by atoms with Crippen molar-refractivity contribution in [3.8, 4) is 5.75 Å². The lowest BCUT2D eigenvalue weighted by Crippen LogP contribution is -2.72. The third-order valence-corrected chi connectivity index (χ3v) is 9.14. The zero-order valence-electron chi connectivity index (χ0n) is 23.7. The minimum absolute atomic E-state index is 0.0943. The van der Waals surface area contributed by atoms with Crippen LogP contribution in [-0.2, 0) is 11.3 Å². The van der Waals surface area contributed by atoms with Crippen LogP contribution in [0.4, 0.5) is 0 Å². The molecule has 0 aromatic heterocycles. The summed E-state index contributed by atoms with van der Waals surface area (Å²) in [5.41, 5.74) is 11.2. The number of nitrogens with one attached hydrogen (secondary N) is 1. The van der Waals surface area contributed by atoms with E-state index in [1.54, 1.807) is 7.11 Å². The standard InChI is InChI=1S/C34H43N3O2/c1-5-28-31(34(35)38)27-18-19-37(28)33(30(23-12-8-6-9-13-23)24-14-10-7-11-15-24)32(27)36-21-26-20-25(22(2)3)16-17-29(26)39-4/h6-17,20,22,27-28,30-33,36H,5,18-19,21H2,1-4H3,(H2,35,38). The second-order valence-electron chi connectivity index (χ2n) is 11.5. The number of primary amides is 1. The number of hydrogen-bond acceptors (Lipinski definition) is 4. The average Bonchev–Trinajstić information content (AvgIpc) is 2.97. The number of hydrogen-bond donors (Lipinski definition) is 2. The molecule has 0 spiro atoms. The van der Waals surface area contributed by atoms with Crippen LogP contribution in [0.3, 0.4) is 0 Å². The molecule has 0 saturated carbocycles. The van der Waals surface area contributed by atoms with E-state index in [1.807, 2.05) is 0 Å². The number of methoxy groups -OCH3 is 1. The van der Waals surface area contributed by atoms with E-state index in [0.29, 0.717) is 12.5 Å². The molecule has 5 nitrogen and oxygen atoms in total. The van der Waals surface area contributed by atoms with Gasteiger partial charge in [-0.1, -0.05) is 93.6 Å². The highest BCUT2D eigenvalue weighted by Crippen LogP contribution is 2.48. The molecule has 2 bridgehead atoms. The highest BCUT2D eigenvalue weighted by molar-refractivity contribution is 5.78. The topological polar surface area (TPSA) is 67.6 Å². The number of fused-ring (bicyclic) bond motifs is 3. The molecule has 3 saturated heterocycles. The Hall–Kier alpha value is -3.15. The average molecular weight is 526 g/mol. The summed E-state index contributed by atoms with van der Waals surface area (Å²) in [4.78, 5) is 15.5. The van der Waals surface area contributed by atoms with E-state index in [9.17, 15) is 4.79 Å². The van der Waals surface area contributed by atoms with Crippen molar-refractivity contribution in [3.63, 3.8) is 0 Å². The quantitative estimate of drug-likeness (QED) is 0.357. The van der Waals surface area contributed by atoms with Crippen LogP contribution in [0.15, 0.2) is 78.9 Å². The van der Waals surface area contributed by atoms with E-state index < -0.39 is 0 Å². The maximum Gasteiger partial charge on any atom is 0.222 e. The van der Waals surface area contributed by atoms with E-state index >= 15 is 0 Å². The summed E-state index contributed by atoms with van der Waals surface area (Å²) in [6.07, 6.45) is 1.88. The van der Waals surface area contributed by atoms with E-state index in [2.05, 4.69) is 110 Å². The fraction of sp³-hybridized carbons (Fsp3) is 0.441. The van der Waals surface area contributed by atoms with Gasteiger partial charge in [-0.2, -0.15) is 0 Å². The van der Waals surface area contributed by atoms with Gasteiger partial charge in [0.1, 0.15) is 5.75 Å². The van der Waals surface area contributed by atoms with Gasteiger partial charge in [-0.25, -0.2) is 0 Å². The van der Waals surface area contributed by atoms with Crippen molar-refractivity contribution in [3.05, 3.63) is 101 Å². The van der Waals surface area contributed by atoms with Gasteiger partial charge in [0.15, 0.2) is 0 Å². The number of nitrogens with two attached hydrogens (primary N) is 1. The maximum absolute atomic E-state index is 12.9. The molecule has 6 atom stereocenters. The Morgan fingerprint density at radius 2 is 1.64 bits per heavy atom. The molecule has 206 valence electrons. The summed E-state index contributed by atoms with van der Waals surface area (Å²) in [5, 5.41) is 3.98. The summed E-state index contributed by atoms with van der Waals surface area (Å²) in [5.74, 6) is 1.34. The molecule has 3 heterocycles. The van der Waals surface area contributed by atoms with Crippen LogP contribution in [0.25, 0.3) is 0 Å². The van der Waals surface area contributed by atoms with Gasteiger partial charge >= 0.3 is 0 Å². The number of carbonyl (C=O) groups excluding carboxylic acids is 1. The van der Waals surface area contributed by atoms with Crippen LogP contribution >= 0.6 is 0 Å². The first kappa shape index (κ1) is 27.4. The van der Waals surface area contributed by atoms with Crippen LogP contribution in [-0.4, -0.2) is 42.6 Å². The number of amides is 1. The molecule has 39 heavy (non-hydrogen) atoms. The Morgan fingerprint density at radius 3 is 2.18 bits per heavy atom. The zero-order chi connectivity index (χ0) is 27.5. The lowest BCUT2D eigenvalue weighted by molar-refractivity contribution is -0.140. The monoisotopic (exact) mass is 525 g/mol. The van der Waals surface area contributed by atoms with Crippen LogP contribution in [0.5, 0.6) is 5.75 Å². The van der Waals surface area contributed by atoms with Crippen LogP contribution in [0.2, 0.25) is 0 Å². The number of ether oxygens (including phenoxy) is 1. The smallest absolute Gasteiger partial charge is 0.222 e. The first-order chi connectivity index (χ1) is 18.9. The lowest BCUT2D eigenvalue weighted by Gasteiger charge is -2.60. The first-order valence-electron chi connectivity index (χ1n) is 14.5. The molecule has 0 radical (unpaired) electrons. The summed E-state index contributed by atoms with van der Waals surface area (Å²) < 4.78 is 5.76. The van der Waals surface area contributed by atoms with Gasteiger partial charge in [-0.3, -0.25) is 9.69 Å². The third-order valence-electron chi connectivity index (χ3n) is 9.14. The number of benzene rings is 3. The Balaban J connectivity index is 1.58. The molecule has 3 aliphatic rings. The van der Waals surface area contributed by atoms with Gasteiger partial charge in [0.2, 0.25) is 5.91 Å². The van der Waals surface area contributed by atoms with Gasteiger partial charge in [-0.15, -0.1) is 0 Å². The first-order valence-corrected chi connectivity index (χ1v) is 14.5. The Labute approximate surface area is 233 Å². The van der Waals surface area contributed by atoms with Crippen molar-refractivity contribution in [1.29, 1.82) is 0 Å². The van der Waals surface area contributed by atoms with Crippen LogP contribution in [0.1, 0.15) is 67.7 Å². The van der Waals surface area contributed by atoms with Crippen molar-refractivity contribution < 1.29 is 9.53 Å². The number of carbonyl (C=O) groups is 1. The van der Waals surface area contributed by atoms with E-state index in [-0.39, 0.29) is 41.8 Å². The zero-order valence-corrected chi connectivity index (χ0v) is 23.7. The van der Waals surface area contributed by atoms with Gasteiger partial charge in [0.25, 0.3) is 0 Å². The molecular weight excluding hydrogens is 482 g/mol. The highest BCUT2D eigenvalue weighted by Gasteiger charge is 2.56. The van der Waals surface area contributed by atoms with E-state index in [4.69, 9.17) is 10.5 Å². The molecule has 6 unspecified atom stereocenters. The largest absolute Gasteiger partial charge is 0.496 e. The van der Waals surface area contributed by atoms with Crippen LogP contribution < -0.4 is 15.8 Å². The van der Waals surface area contributed by atoms with Crippen molar-refractivity contribution in [2.75, 3.05) is 13.7 Å². The van der Waals surface area contributed by atoms with Crippen molar-refractivity contribution in [2.45, 2.75) is 70.1 Å². The number of piperidine rings is 3. The normalized spacial score (nSPS) is 26.2. The molecule has 5 heteroatoms. The predicted octanol–water partition coefficient (Wildman–Crippen LogP) is 5.69. The molecule has 1 amide bonds. The number of rotatable bonds is 10. The van der Waals surface area contributed by atoms with Gasteiger partial charge < -0.3 is 15.8 Å². The summed E-state index contributed by atoms with van der Waals surface area (Å²) in [6, 6.07) is 28.6. The van der Waals surface area contributed by atoms with E-state index in [0.717, 1.165) is 30.7 Å². The summed E-state index contributed by atoms with van der Waals surface area (Å²) in [7, 11) is 1.74. The molecule has 3 aromatic rings. The molecule has 3 fully saturated rings. The van der Waals surface area contributed by atoms with Crippen molar-refractivity contribution in [2.24, 2.45) is 17.6 Å². The van der Waals surface area contributed by atoms with Crippen LogP contribution in [0, 0.1) is 11.8 Å². The Bertz CT molecular complexity index is 1210. The van der Waals surface area contributed by atoms with Gasteiger partial charge in [-0.05, 0) is 54.0 Å². The summed E-state index contributed by atoms with van der Waals surface area (Å²) >= 11 is 0. The van der Waals surface area contributed by atoms with E-state index in [1.165, 1.54) is 16.7 Å².